The van der Waals surface area contributed by atoms with Gasteiger partial charge in [0.1, 0.15) is 5.82 Å². The molecule has 1 aromatic carbocycles. The van der Waals surface area contributed by atoms with Crippen LogP contribution in [0.2, 0.25) is 0 Å². The molecule has 0 aliphatic carbocycles. The third-order valence-corrected chi connectivity index (χ3v) is 5.16. The molecule has 0 bridgehead atoms. The maximum Gasteiger partial charge on any atom is 0.327 e. The van der Waals surface area contributed by atoms with E-state index in [2.05, 4.69) is 49.0 Å². The van der Waals surface area contributed by atoms with Gasteiger partial charge in [-0.1, -0.05) is 28.1 Å². The van der Waals surface area contributed by atoms with E-state index in [-0.39, 0.29) is 29.6 Å². The van der Waals surface area contributed by atoms with Crippen LogP contribution in [0.3, 0.4) is 0 Å². The molecule has 7 nitrogen and oxygen atoms in total. The molecule has 1 saturated heterocycles. The number of aromatic nitrogens is 2. The second kappa shape index (κ2) is 5.33. The molecule has 0 saturated carbocycles. The first-order chi connectivity index (χ1) is 11.0. The number of anilines is 1. The van der Waals surface area contributed by atoms with Crippen LogP contribution in [0, 0.1) is 5.92 Å². The molecule has 4 rings (SSSR count). The van der Waals surface area contributed by atoms with Crippen LogP contribution in [0.25, 0.3) is 0 Å². The first kappa shape index (κ1) is 14.7. The summed E-state index contributed by atoms with van der Waals surface area (Å²) in [5, 5.41) is 3.22. The second-order valence-electron chi connectivity index (χ2n) is 6.00. The van der Waals surface area contributed by atoms with Crippen LogP contribution in [0.1, 0.15) is 24.0 Å². The molecule has 1 fully saturated rings. The molecular weight excluding hydrogens is 362 g/mol. The zero-order valence-electron chi connectivity index (χ0n) is 12.3. The highest BCUT2D eigenvalue weighted by Crippen LogP contribution is 2.42. The largest absolute Gasteiger partial charge is 0.354 e. The Balaban J connectivity index is 1.95. The van der Waals surface area contributed by atoms with Gasteiger partial charge in [0, 0.05) is 22.4 Å². The number of aromatic amines is 2. The fraction of sp³-hybridized carbons (Fsp3) is 0.333. The molecule has 0 spiro atoms. The molecule has 2 aromatic rings. The van der Waals surface area contributed by atoms with Gasteiger partial charge in [-0.15, -0.1) is 0 Å². The minimum atomic E-state index is -0.506. The zero-order valence-corrected chi connectivity index (χ0v) is 13.9. The molecule has 2 aliphatic rings. The summed E-state index contributed by atoms with van der Waals surface area (Å²) in [5.41, 5.74) is 7.18. The molecular formula is C15H16BrN5O2. The van der Waals surface area contributed by atoms with Crippen molar-refractivity contribution in [1.29, 1.82) is 0 Å². The van der Waals surface area contributed by atoms with Crippen molar-refractivity contribution >= 4 is 21.7 Å². The van der Waals surface area contributed by atoms with E-state index in [0.29, 0.717) is 11.4 Å². The number of nitrogens with one attached hydrogen (secondary N) is 5. The van der Waals surface area contributed by atoms with Gasteiger partial charge in [-0.25, -0.2) is 10.2 Å². The van der Waals surface area contributed by atoms with E-state index >= 15 is 0 Å². The summed E-state index contributed by atoms with van der Waals surface area (Å²) in [6.07, 6.45) is -0.0661. The number of hydrazine groups is 1. The molecule has 4 atom stereocenters. The lowest BCUT2D eigenvalue weighted by Gasteiger charge is -2.36. The molecule has 23 heavy (non-hydrogen) atoms. The van der Waals surface area contributed by atoms with Crippen molar-refractivity contribution in [1.82, 2.24) is 20.8 Å². The fourth-order valence-electron chi connectivity index (χ4n) is 3.63. The van der Waals surface area contributed by atoms with Gasteiger partial charge in [-0.3, -0.25) is 20.2 Å². The predicted molar refractivity (Wildman–Crippen MR) is 90.3 cm³/mol. The first-order valence-electron chi connectivity index (χ1n) is 7.44. The van der Waals surface area contributed by atoms with Crippen LogP contribution >= 0.6 is 15.9 Å². The number of hydrogen-bond acceptors (Lipinski definition) is 5. The van der Waals surface area contributed by atoms with E-state index in [0.717, 1.165) is 10.0 Å². The first-order valence-corrected chi connectivity index (χ1v) is 8.23. The molecule has 120 valence electrons. The van der Waals surface area contributed by atoms with Crippen molar-refractivity contribution in [3.05, 3.63) is 60.7 Å². The van der Waals surface area contributed by atoms with Crippen molar-refractivity contribution < 1.29 is 0 Å². The zero-order chi connectivity index (χ0) is 16.1. The van der Waals surface area contributed by atoms with Crippen LogP contribution in [0.4, 0.5) is 5.82 Å². The number of fused-ring (bicyclic) bond motifs is 2. The van der Waals surface area contributed by atoms with Gasteiger partial charge in [0.15, 0.2) is 0 Å². The highest BCUT2D eigenvalue weighted by molar-refractivity contribution is 9.10. The maximum absolute atomic E-state index is 12.5. The Morgan fingerprint density at radius 1 is 1.04 bits per heavy atom. The minimum Gasteiger partial charge on any atom is -0.354 e. The van der Waals surface area contributed by atoms with Crippen molar-refractivity contribution in [3.63, 3.8) is 0 Å². The van der Waals surface area contributed by atoms with Crippen LogP contribution < -0.4 is 27.4 Å². The Morgan fingerprint density at radius 3 is 2.52 bits per heavy atom. The lowest BCUT2D eigenvalue weighted by atomic mass is 9.75. The average molecular weight is 378 g/mol. The van der Waals surface area contributed by atoms with Crippen molar-refractivity contribution in [2.45, 2.75) is 25.0 Å². The summed E-state index contributed by atoms with van der Waals surface area (Å²) >= 11 is 3.44. The highest BCUT2D eigenvalue weighted by Gasteiger charge is 2.45. The van der Waals surface area contributed by atoms with Gasteiger partial charge in [0.05, 0.1) is 11.7 Å². The Labute approximate surface area is 140 Å². The molecule has 2 aliphatic heterocycles. The maximum atomic E-state index is 12.5. The van der Waals surface area contributed by atoms with Crippen molar-refractivity contribution in [2.24, 2.45) is 5.92 Å². The van der Waals surface area contributed by atoms with Gasteiger partial charge >= 0.3 is 5.69 Å². The monoisotopic (exact) mass is 377 g/mol. The van der Waals surface area contributed by atoms with E-state index in [9.17, 15) is 9.59 Å². The van der Waals surface area contributed by atoms with Gasteiger partial charge < -0.3 is 5.32 Å². The number of H-pyrrole nitrogens is 2. The summed E-state index contributed by atoms with van der Waals surface area (Å²) in [4.78, 5) is 29.1. The van der Waals surface area contributed by atoms with Gasteiger partial charge in [0.2, 0.25) is 0 Å². The molecule has 3 heterocycles. The van der Waals surface area contributed by atoms with E-state index in [1.54, 1.807) is 0 Å². The highest BCUT2D eigenvalue weighted by atomic mass is 79.9. The Kier molecular flexibility index (Phi) is 3.40. The lowest BCUT2D eigenvalue weighted by molar-refractivity contribution is 0.386. The smallest absolute Gasteiger partial charge is 0.327 e. The Bertz CT molecular complexity index is 859. The van der Waals surface area contributed by atoms with E-state index < -0.39 is 5.69 Å². The Morgan fingerprint density at radius 2 is 1.78 bits per heavy atom. The topological polar surface area (TPSA) is 102 Å². The third-order valence-electron chi connectivity index (χ3n) is 4.63. The summed E-state index contributed by atoms with van der Waals surface area (Å²) in [6.45, 7) is 2.08. The normalized spacial score (nSPS) is 28.8. The van der Waals surface area contributed by atoms with Crippen molar-refractivity contribution in [2.75, 3.05) is 5.32 Å². The standard InChI is InChI=1S/C15H16BrN5O2/c1-6-9-10(7-2-4-8(16)5-3-7)11-12(17-13(9)21-20-6)18-15(23)19-14(11)22/h2-6,9-10,13,20-21H,1H3,(H3,17,18,19,22,23). The quantitative estimate of drug-likeness (QED) is 0.506. The van der Waals surface area contributed by atoms with Crippen LogP contribution in [-0.2, 0) is 0 Å². The second-order valence-corrected chi connectivity index (χ2v) is 6.92. The number of rotatable bonds is 1. The van der Waals surface area contributed by atoms with Crippen LogP contribution in [-0.4, -0.2) is 22.2 Å². The van der Waals surface area contributed by atoms with Gasteiger partial charge in [0.25, 0.3) is 5.56 Å². The van der Waals surface area contributed by atoms with E-state index in [1.165, 1.54) is 0 Å². The molecule has 0 amide bonds. The SMILES string of the molecule is CC1NNC2Nc3[nH]c(=O)[nH]c(=O)c3C(c3ccc(Br)cc3)C12. The van der Waals surface area contributed by atoms with Gasteiger partial charge in [-0.05, 0) is 24.6 Å². The molecule has 8 heteroatoms. The molecule has 0 radical (unpaired) electrons. The number of hydrogen-bond donors (Lipinski definition) is 5. The van der Waals surface area contributed by atoms with E-state index in [1.807, 2.05) is 24.3 Å². The van der Waals surface area contributed by atoms with Crippen LogP contribution in [0.15, 0.2) is 38.3 Å². The van der Waals surface area contributed by atoms with Crippen molar-refractivity contribution in [3.8, 4) is 0 Å². The summed E-state index contributed by atoms with van der Waals surface area (Å²) < 4.78 is 0.984. The Hall–Kier alpha value is -1.90. The van der Waals surface area contributed by atoms with Crippen LogP contribution in [0.5, 0.6) is 0 Å². The average Bonchev–Trinajstić information content (AvgIpc) is 2.87. The number of benzene rings is 1. The fourth-order valence-corrected chi connectivity index (χ4v) is 3.89. The van der Waals surface area contributed by atoms with Gasteiger partial charge in [-0.2, -0.15) is 0 Å². The minimum absolute atomic E-state index is 0.0661. The van der Waals surface area contributed by atoms with E-state index in [4.69, 9.17) is 0 Å². The third kappa shape index (κ3) is 2.34. The molecule has 5 N–H and O–H groups in total. The predicted octanol–water partition coefficient (Wildman–Crippen LogP) is 0.822. The summed E-state index contributed by atoms with van der Waals surface area (Å²) in [7, 11) is 0. The molecule has 1 aromatic heterocycles. The summed E-state index contributed by atoms with van der Waals surface area (Å²) in [6, 6.07) is 8.12. The molecule has 4 unspecified atom stereocenters. The lowest BCUT2D eigenvalue weighted by Crippen LogP contribution is -2.47. The number of halogens is 1. The summed E-state index contributed by atoms with van der Waals surface area (Å²) in [5.74, 6) is 0.495.